The average molecular weight is 407 g/mol. The largest absolute Gasteiger partial charge is 0.462 e. The Kier molecular flexibility index (Phi) is 13.9. The number of carbonyl (C=O) groups is 2. The highest BCUT2D eigenvalue weighted by Crippen LogP contribution is 2.17. The van der Waals surface area contributed by atoms with Crippen LogP contribution >= 0.6 is 0 Å². The second-order valence-corrected chi connectivity index (χ2v) is 7.48. The van der Waals surface area contributed by atoms with Gasteiger partial charge >= 0.3 is 11.9 Å². The Bertz CT molecular complexity index is 576. The Labute approximate surface area is 176 Å². The summed E-state index contributed by atoms with van der Waals surface area (Å²) in [5.41, 5.74) is 0.539. The monoisotopic (exact) mass is 406 g/mol. The predicted molar refractivity (Wildman–Crippen MR) is 115 cm³/mol. The maximum absolute atomic E-state index is 12.6. The first-order valence-electron chi connectivity index (χ1n) is 11.1. The first-order valence-corrected chi connectivity index (χ1v) is 11.1. The highest BCUT2D eigenvalue weighted by atomic mass is 16.5. The van der Waals surface area contributed by atoms with Gasteiger partial charge in [-0.1, -0.05) is 64.5 Å². The van der Waals surface area contributed by atoms with E-state index in [9.17, 15) is 9.59 Å². The van der Waals surface area contributed by atoms with Gasteiger partial charge in [0.05, 0.1) is 24.3 Å². The minimum atomic E-state index is -0.473. The Morgan fingerprint density at radius 1 is 0.793 bits per heavy atom. The molecule has 0 aromatic heterocycles. The second-order valence-electron chi connectivity index (χ2n) is 7.48. The summed E-state index contributed by atoms with van der Waals surface area (Å²) in [4.78, 5) is 25.0. The van der Waals surface area contributed by atoms with Crippen LogP contribution in [0.3, 0.4) is 0 Å². The van der Waals surface area contributed by atoms with Crippen LogP contribution in [0.25, 0.3) is 0 Å². The minimum Gasteiger partial charge on any atom is -0.462 e. The van der Waals surface area contributed by atoms with Crippen molar-refractivity contribution in [1.82, 2.24) is 0 Å². The van der Waals surface area contributed by atoms with Crippen LogP contribution in [-0.2, 0) is 14.2 Å². The van der Waals surface area contributed by atoms with Gasteiger partial charge in [0, 0.05) is 13.7 Å². The molecule has 1 unspecified atom stereocenters. The van der Waals surface area contributed by atoms with Gasteiger partial charge < -0.3 is 14.2 Å². The summed E-state index contributed by atoms with van der Waals surface area (Å²) in [5.74, 6) is -0.671. The Morgan fingerprint density at radius 3 is 2.03 bits per heavy atom. The lowest BCUT2D eigenvalue weighted by molar-refractivity contribution is 0.0381. The van der Waals surface area contributed by atoms with E-state index in [1.54, 1.807) is 31.4 Å². The standard InChI is InChI=1S/C24H38O5/c1-4-6-8-9-12-17-28-23(25)21-14-10-11-15-22(21)24(26)29-19-20(13-7-5-2)16-18-27-3/h10-11,14-15,20H,4-9,12-13,16-19H2,1-3H3. The summed E-state index contributed by atoms with van der Waals surface area (Å²) in [6.45, 7) is 5.67. The van der Waals surface area contributed by atoms with Gasteiger partial charge in [-0.15, -0.1) is 0 Å². The molecule has 5 nitrogen and oxygen atoms in total. The Hall–Kier alpha value is -1.88. The molecule has 1 aromatic rings. The summed E-state index contributed by atoms with van der Waals surface area (Å²) >= 11 is 0. The molecule has 0 saturated carbocycles. The molecule has 5 heteroatoms. The van der Waals surface area contributed by atoms with Crippen molar-refractivity contribution >= 4 is 11.9 Å². The van der Waals surface area contributed by atoms with Crippen LogP contribution in [0.5, 0.6) is 0 Å². The topological polar surface area (TPSA) is 61.8 Å². The van der Waals surface area contributed by atoms with Crippen LogP contribution in [0.4, 0.5) is 0 Å². The van der Waals surface area contributed by atoms with Crippen molar-refractivity contribution in [3.63, 3.8) is 0 Å². The van der Waals surface area contributed by atoms with E-state index in [-0.39, 0.29) is 17.0 Å². The molecule has 164 valence electrons. The zero-order chi connectivity index (χ0) is 21.3. The molecule has 0 aliphatic carbocycles. The average Bonchev–Trinajstić information content (AvgIpc) is 2.75. The van der Waals surface area contributed by atoms with E-state index in [0.717, 1.165) is 44.9 Å². The van der Waals surface area contributed by atoms with E-state index in [4.69, 9.17) is 14.2 Å². The van der Waals surface area contributed by atoms with Gasteiger partial charge in [0.25, 0.3) is 0 Å². The number of rotatable bonds is 16. The van der Waals surface area contributed by atoms with Gasteiger partial charge in [-0.3, -0.25) is 0 Å². The fourth-order valence-electron chi connectivity index (χ4n) is 3.15. The molecule has 29 heavy (non-hydrogen) atoms. The van der Waals surface area contributed by atoms with Gasteiger partial charge in [-0.05, 0) is 37.3 Å². The van der Waals surface area contributed by atoms with Crippen LogP contribution in [0, 0.1) is 5.92 Å². The van der Waals surface area contributed by atoms with E-state index in [0.29, 0.717) is 19.8 Å². The van der Waals surface area contributed by atoms with E-state index < -0.39 is 11.9 Å². The van der Waals surface area contributed by atoms with Crippen molar-refractivity contribution in [3.05, 3.63) is 35.4 Å². The first-order chi connectivity index (χ1) is 14.1. The van der Waals surface area contributed by atoms with E-state index in [2.05, 4.69) is 13.8 Å². The first kappa shape index (κ1) is 25.2. The Morgan fingerprint density at radius 2 is 1.41 bits per heavy atom. The number of hydrogen-bond acceptors (Lipinski definition) is 5. The summed E-state index contributed by atoms with van der Waals surface area (Å²) in [5, 5.41) is 0. The maximum Gasteiger partial charge on any atom is 0.339 e. The third-order valence-corrected chi connectivity index (χ3v) is 4.99. The lowest BCUT2D eigenvalue weighted by Crippen LogP contribution is -2.19. The van der Waals surface area contributed by atoms with Crippen molar-refractivity contribution in [2.45, 2.75) is 71.6 Å². The van der Waals surface area contributed by atoms with Crippen molar-refractivity contribution in [3.8, 4) is 0 Å². The fraction of sp³-hybridized carbons (Fsp3) is 0.667. The SMILES string of the molecule is CCCCCCCOC(=O)c1ccccc1C(=O)OCC(CCCC)CCOC. The van der Waals surface area contributed by atoms with Gasteiger partial charge in [0.15, 0.2) is 0 Å². The molecule has 0 aliphatic rings. The highest BCUT2D eigenvalue weighted by Gasteiger charge is 2.20. The van der Waals surface area contributed by atoms with Crippen LogP contribution in [0.15, 0.2) is 24.3 Å². The minimum absolute atomic E-state index is 0.265. The molecule has 0 radical (unpaired) electrons. The van der Waals surface area contributed by atoms with E-state index >= 15 is 0 Å². The molecule has 0 bridgehead atoms. The van der Waals surface area contributed by atoms with Crippen LogP contribution in [0.2, 0.25) is 0 Å². The van der Waals surface area contributed by atoms with Gasteiger partial charge in [0.1, 0.15) is 0 Å². The third-order valence-electron chi connectivity index (χ3n) is 4.99. The number of methoxy groups -OCH3 is 1. The lowest BCUT2D eigenvalue weighted by Gasteiger charge is -2.17. The number of ether oxygens (including phenoxy) is 3. The molecule has 0 fully saturated rings. The smallest absolute Gasteiger partial charge is 0.339 e. The van der Waals surface area contributed by atoms with Crippen LogP contribution < -0.4 is 0 Å². The van der Waals surface area contributed by atoms with Crippen molar-refractivity contribution < 1.29 is 23.8 Å². The molecule has 1 aromatic carbocycles. The maximum atomic E-state index is 12.6. The molecule has 0 spiro atoms. The zero-order valence-corrected chi connectivity index (χ0v) is 18.4. The normalized spacial score (nSPS) is 11.8. The van der Waals surface area contributed by atoms with Gasteiger partial charge in [-0.25, -0.2) is 9.59 Å². The second kappa shape index (κ2) is 16.0. The molecular formula is C24H38O5. The van der Waals surface area contributed by atoms with Gasteiger partial charge in [-0.2, -0.15) is 0 Å². The summed E-state index contributed by atoms with van der Waals surface area (Å²) in [6, 6.07) is 6.71. The van der Waals surface area contributed by atoms with Crippen molar-refractivity contribution in [1.29, 1.82) is 0 Å². The number of esters is 2. The molecule has 0 saturated heterocycles. The summed E-state index contributed by atoms with van der Waals surface area (Å²) in [6.07, 6.45) is 9.46. The molecule has 0 aliphatic heterocycles. The molecule has 0 N–H and O–H groups in total. The summed E-state index contributed by atoms with van der Waals surface area (Å²) in [7, 11) is 1.68. The fourth-order valence-corrected chi connectivity index (χ4v) is 3.15. The molecular weight excluding hydrogens is 368 g/mol. The molecule has 1 atom stereocenters. The van der Waals surface area contributed by atoms with E-state index in [1.165, 1.54) is 12.8 Å². The highest BCUT2D eigenvalue weighted by molar-refractivity contribution is 6.03. The van der Waals surface area contributed by atoms with Crippen LogP contribution in [-0.4, -0.2) is 38.9 Å². The third kappa shape index (κ3) is 10.5. The van der Waals surface area contributed by atoms with Crippen LogP contribution in [0.1, 0.15) is 92.4 Å². The van der Waals surface area contributed by atoms with Crippen molar-refractivity contribution in [2.24, 2.45) is 5.92 Å². The molecule has 1 rings (SSSR count). The van der Waals surface area contributed by atoms with Crippen molar-refractivity contribution in [2.75, 3.05) is 26.9 Å². The number of benzene rings is 1. The molecule has 0 amide bonds. The van der Waals surface area contributed by atoms with E-state index in [1.807, 2.05) is 0 Å². The zero-order valence-electron chi connectivity index (χ0n) is 18.4. The summed E-state index contributed by atoms with van der Waals surface area (Å²) < 4.78 is 16.1. The predicted octanol–water partition coefficient (Wildman–Crippen LogP) is 5.81. The molecule has 0 heterocycles. The van der Waals surface area contributed by atoms with Gasteiger partial charge in [0.2, 0.25) is 0 Å². The number of hydrogen-bond donors (Lipinski definition) is 0. The number of carbonyl (C=O) groups excluding carboxylic acids is 2. The number of unbranched alkanes of at least 4 members (excludes halogenated alkanes) is 5. The lowest BCUT2D eigenvalue weighted by atomic mass is 10.00. The Balaban J connectivity index is 2.59. The quantitative estimate of drug-likeness (QED) is 0.256.